The lowest BCUT2D eigenvalue weighted by atomic mass is 10.3. The average Bonchev–Trinajstić information content (AvgIpc) is 2.11. The highest BCUT2D eigenvalue weighted by Crippen LogP contribution is 2.12. The fourth-order valence-corrected chi connectivity index (χ4v) is 0.498. The zero-order valence-electron chi connectivity index (χ0n) is 7.39. The zero-order chi connectivity index (χ0) is 9.56. The Morgan fingerprint density at radius 1 is 1.33 bits per heavy atom. The van der Waals surface area contributed by atoms with Crippen molar-refractivity contribution in [3.63, 3.8) is 0 Å². The van der Waals surface area contributed by atoms with Crippen molar-refractivity contribution in [2.45, 2.75) is 6.42 Å². The van der Waals surface area contributed by atoms with Gasteiger partial charge in [0.15, 0.2) is 5.83 Å². The number of allylic oxidation sites excluding steroid dienone is 2. The molecule has 0 heterocycles. The summed E-state index contributed by atoms with van der Waals surface area (Å²) in [5, 5.41) is 0. The van der Waals surface area contributed by atoms with Gasteiger partial charge < -0.3 is 9.47 Å². The number of hydrogen-bond acceptors (Lipinski definition) is 2. The maximum Gasteiger partial charge on any atom is 0.160 e. The van der Waals surface area contributed by atoms with Crippen LogP contribution in [0.4, 0.5) is 4.39 Å². The standard InChI is InChI=1S/C9H13FO2/c1-7(11-3)5-6-9(10)8(2)12-4/h6H,1-2,5H2,3-4H3/b9-6+. The highest BCUT2D eigenvalue weighted by atomic mass is 19.1. The van der Waals surface area contributed by atoms with E-state index in [1.165, 1.54) is 20.3 Å². The summed E-state index contributed by atoms with van der Waals surface area (Å²) < 4.78 is 22.1. The number of methoxy groups -OCH3 is 2. The first-order valence-corrected chi connectivity index (χ1v) is 3.42. The molecule has 3 heteroatoms. The predicted molar refractivity (Wildman–Crippen MR) is 46.1 cm³/mol. The minimum Gasteiger partial charge on any atom is -0.501 e. The maximum absolute atomic E-state index is 12.8. The van der Waals surface area contributed by atoms with Gasteiger partial charge in [-0.2, -0.15) is 0 Å². The Balaban J connectivity index is 4.00. The number of rotatable bonds is 5. The Labute approximate surface area is 72.0 Å². The van der Waals surface area contributed by atoms with E-state index in [4.69, 9.17) is 4.74 Å². The van der Waals surface area contributed by atoms with Gasteiger partial charge in [-0.1, -0.05) is 13.2 Å². The van der Waals surface area contributed by atoms with Crippen LogP contribution >= 0.6 is 0 Å². The van der Waals surface area contributed by atoms with Crippen LogP contribution < -0.4 is 0 Å². The largest absolute Gasteiger partial charge is 0.501 e. The van der Waals surface area contributed by atoms with E-state index in [9.17, 15) is 4.39 Å². The zero-order valence-corrected chi connectivity index (χ0v) is 7.39. The molecule has 0 aliphatic heterocycles. The van der Waals surface area contributed by atoms with Crippen molar-refractivity contribution < 1.29 is 13.9 Å². The Hall–Kier alpha value is -1.25. The normalized spacial score (nSPS) is 10.8. The minimum absolute atomic E-state index is 0.0129. The number of ether oxygens (including phenoxy) is 2. The molecule has 0 aromatic rings. The molecule has 0 fully saturated rings. The molecule has 0 aromatic heterocycles. The van der Waals surface area contributed by atoms with Gasteiger partial charge in [0.2, 0.25) is 0 Å². The summed E-state index contributed by atoms with van der Waals surface area (Å²) in [5.74, 6) is 0.0173. The molecule has 0 rings (SSSR count). The Morgan fingerprint density at radius 3 is 2.33 bits per heavy atom. The van der Waals surface area contributed by atoms with Gasteiger partial charge in [-0.15, -0.1) is 0 Å². The van der Waals surface area contributed by atoms with Crippen molar-refractivity contribution >= 4 is 0 Å². The van der Waals surface area contributed by atoms with E-state index >= 15 is 0 Å². The lowest BCUT2D eigenvalue weighted by Crippen LogP contribution is -1.87. The molecule has 0 amide bonds. The third-order valence-electron chi connectivity index (χ3n) is 1.31. The van der Waals surface area contributed by atoms with E-state index in [-0.39, 0.29) is 5.76 Å². The Bertz CT molecular complexity index is 207. The van der Waals surface area contributed by atoms with Gasteiger partial charge in [-0.05, 0) is 6.08 Å². The van der Waals surface area contributed by atoms with E-state index in [1.807, 2.05) is 0 Å². The first kappa shape index (κ1) is 10.8. The van der Waals surface area contributed by atoms with Gasteiger partial charge in [0.1, 0.15) is 5.76 Å². The summed E-state index contributed by atoms with van der Waals surface area (Å²) >= 11 is 0. The molecule has 0 spiro atoms. The van der Waals surface area contributed by atoms with Crippen LogP contribution in [0.1, 0.15) is 6.42 Å². The van der Waals surface area contributed by atoms with Crippen LogP contribution in [-0.2, 0) is 9.47 Å². The summed E-state index contributed by atoms with van der Waals surface area (Å²) in [6.07, 6.45) is 1.63. The third kappa shape index (κ3) is 3.81. The smallest absolute Gasteiger partial charge is 0.160 e. The van der Waals surface area contributed by atoms with Crippen molar-refractivity contribution in [1.82, 2.24) is 0 Å². The fraction of sp³-hybridized carbons (Fsp3) is 0.333. The molecule has 2 nitrogen and oxygen atoms in total. The summed E-state index contributed by atoms with van der Waals surface area (Å²) in [4.78, 5) is 0. The highest BCUT2D eigenvalue weighted by Gasteiger charge is 1.99. The van der Waals surface area contributed by atoms with Crippen molar-refractivity contribution in [3.8, 4) is 0 Å². The second kappa shape index (κ2) is 5.41. The van der Waals surface area contributed by atoms with Crippen molar-refractivity contribution in [3.05, 3.63) is 36.6 Å². The molecule has 0 atom stereocenters. The molecule has 0 bridgehead atoms. The van der Waals surface area contributed by atoms with Crippen LogP contribution in [0.5, 0.6) is 0 Å². The van der Waals surface area contributed by atoms with E-state index in [1.54, 1.807) is 0 Å². The summed E-state index contributed by atoms with van der Waals surface area (Å²) in [6.45, 7) is 6.87. The van der Waals surface area contributed by atoms with Gasteiger partial charge >= 0.3 is 0 Å². The SMILES string of the molecule is C=C(C/C=C(/F)C(=C)OC)OC. The number of halogens is 1. The molecule has 0 aliphatic carbocycles. The van der Waals surface area contributed by atoms with Gasteiger partial charge in [-0.25, -0.2) is 4.39 Å². The van der Waals surface area contributed by atoms with Crippen LogP contribution in [-0.4, -0.2) is 14.2 Å². The molecule has 0 aromatic carbocycles. The quantitative estimate of drug-likeness (QED) is 0.468. The summed E-state index contributed by atoms with van der Waals surface area (Å²) in [7, 11) is 2.85. The van der Waals surface area contributed by atoms with Gasteiger partial charge in [0.25, 0.3) is 0 Å². The van der Waals surface area contributed by atoms with Crippen LogP contribution in [0.25, 0.3) is 0 Å². The van der Waals surface area contributed by atoms with Gasteiger partial charge in [0, 0.05) is 6.42 Å². The lowest BCUT2D eigenvalue weighted by molar-refractivity contribution is 0.279. The first-order valence-electron chi connectivity index (χ1n) is 3.42. The minimum atomic E-state index is -0.490. The van der Waals surface area contributed by atoms with Gasteiger partial charge in [-0.3, -0.25) is 0 Å². The summed E-state index contributed by atoms with van der Waals surface area (Å²) in [5.41, 5.74) is 0. The Morgan fingerprint density at radius 2 is 1.92 bits per heavy atom. The van der Waals surface area contributed by atoms with Crippen LogP contribution in [0, 0.1) is 0 Å². The molecule has 0 saturated heterocycles. The van der Waals surface area contributed by atoms with Crippen LogP contribution in [0.3, 0.4) is 0 Å². The fourth-order valence-electron chi connectivity index (χ4n) is 0.498. The van der Waals surface area contributed by atoms with E-state index < -0.39 is 5.83 Å². The molecule has 0 N–H and O–H groups in total. The lowest BCUT2D eigenvalue weighted by Gasteiger charge is -2.01. The average molecular weight is 172 g/mol. The number of hydrogen-bond donors (Lipinski definition) is 0. The van der Waals surface area contributed by atoms with E-state index in [0.29, 0.717) is 12.2 Å². The van der Waals surface area contributed by atoms with E-state index in [0.717, 1.165) is 0 Å². The molecular weight excluding hydrogens is 159 g/mol. The third-order valence-corrected chi connectivity index (χ3v) is 1.31. The van der Waals surface area contributed by atoms with Crippen LogP contribution in [0.15, 0.2) is 36.6 Å². The monoisotopic (exact) mass is 172 g/mol. The topological polar surface area (TPSA) is 18.5 Å². The second-order valence-corrected chi connectivity index (χ2v) is 2.13. The first-order chi connectivity index (χ1) is 5.61. The maximum atomic E-state index is 12.8. The molecule has 0 aliphatic rings. The van der Waals surface area contributed by atoms with Crippen molar-refractivity contribution in [2.24, 2.45) is 0 Å². The molecule has 12 heavy (non-hydrogen) atoms. The Kier molecular flexibility index (Phi) is 4.84. The molecule has 0 saturated carbocycles. The second-order valence-electron chi connectivity index (χ2n) is 2.13. The van der Waals surface area contributed by atoms with Gasteiger partial charge in [0.05, 0.1) is 20.0 Å². The predicted octanol–water partition coefficient (Wildman–Crippen LogP) is 2.55. The molecular formula is C9H13FO2. The molecule has 68 valence electrons. The highest BCUT2D eigenvalue weighted by molar-refractivity contribution is 5.17. The molecule has 0 unspecified atom stereocenters. The van der Waals surface area contributed by atoms with Crippen LogP contribution in [0.2, 0.25) is 0 Å². The van der Waals surface area contributed by atoms with Crippen molar-refractivity contribution in [1.29, 1.82) is 0 Å². The van der Waals surface area contributed by atoms with E-state index in [2.05, 4.69) is 17.9 Å². The summed E-state index contributed by atoms with van der Waals surface area (Å²) in [6, 6.07) is 0. The molecule has 0 radical (unpaired) electrons. The van der Waals surface area contributed by atoms with Crippen molar-refractivity contribution in [2.75, 3.05) is 14.2 Å².